The van der Waals surface area contributed by atoms with E-state index in [-0.39, 0.29) is 10.6 Å². The number of halogens is 2. The van der Waals surface area contributed by atoms with E-state index in [9.17, 15) is 9.18 Å². The van der Waals surface area contributed by atoms with Crippen LogP contribution < -0.4 is 10.6 Å². The molecule has 7 nitrogen and oxygen atoms in total. The standard InChI is InChI=1S/C21H16ClFN6O/c1-13-24-9-10-29(13)19-11-18(25-12-26-19)27-14-5-7-15(8-6-14)28-21(30)20-16(22)3-2-4-17(20)23/h2-12H,1H3,(H,28,30)(H,25,26,27). The molecule has 0 atom stereocenters. The van der Waals surface area contributed by atoms with E-state index in [1.54, 1.807) is 36.5 Å². The van der Waals surface area contributed by atoms with Crippen LogP contribution in [0, 0.1) is 12.7 Å². The Hall–Kier alpha value is -3.78. The largest absolute Gasteiger partial charge is 0.340 e. The number of hydrogen-bond acceptors (Lipinski definition) is 5. The number of carbonyl (C=O) groups excluding carboxylic acids is 1. The number of imidazole rings is 1. The van der Waals surface area contributed by atoms with Crippen molar-refractivity contribution in [3.63, 3.8) is 0 Å². The third kappa shape index (κ3) is 4.13. The summed E-state index contributed by atoms with van der Waals surface area (Å²) in [6.45, 7) is 1.89. The molecule has 2 N–H and O–H groups in total. The van der Waals surface area contributed by atoms with Gasteiger partial charge >= 0.3 is 0 Å². The average Bonchev–Trinajstić information content (AvgIpc) is 3.15. The lowest BCUT2D eigenvalue weighted by Crippen LogP contribution is -2.14. The van der Waals surface area contributed by atoms with Gasteiger partial charge in [0.1, 0.15) is 29.6 Å². The molecule has 0 aliphatic rings. The molecule has 4 rings (SSSR count). The molecule has 1 amide bonds. The highest BCUT2D eigenvalue weighted by Crippen LogP contribution is 2.22. The smallest absolute Gasteiger partial charge is 0.260 e. The number of benzene rings is 2. The summed E-state index contributed by atoms with van der Waals surface area (Å²) < 4.78 is 15.7. The van der Waals surface area contributed by atoms with Gasteiger partial charge in [-0.15, -0.1) is 0 Å². The number of amides is 1. The molecule has 4 aromatic rings. The van der Waals surface area contributed by atoms with Crippen LogP contribution in [0.5, 0.6) is 0 Å². The third-order valence-electron chi connectivity index (χ3n) is 4.33. The van der Waals surface area contributed by atoms with E-state index in [0.717, 1.165) is 11.5 Å². The molecule has 0 aliphatic carbocycles. The van der Waals surface area contributed by atoms with Gasteiger partial charge in [-0.25, -0.2) is 19.3 Å². The molecule has 0 saturated heterocycles. The van der Waals surface area contributed by atoms with Crippen molar-refractivity contribution < 1.29 is 9.18 Å². The zero-order chi connectivity index (χ0) is 21.1. The topological polar surface area (TPSA) is 84.7 Å². The van der Waals surface area contributed by atoms with E-state index >= 15 is 0 Å². The summed E-state index contributed by atoms with van der Waals surface area (Å²) in [6.07, 6.45) is 4.98. The summed E-state index contributed by atoms with van der Waals surface area (Å²) in [5.74, 6) is 0.812. The normalized spacial score (nSPS) is 10.6. The molecule has 0 aliphatic heterocycles. The molecular weight excluding hydrogens is 407 g/mol. The second kappa shape index (κ2) is 8.30. The minimum absolute atomic E-state index is 0.0541. The Kier molecular flexibility index (Phi) is 5.40. The molecule has 30 heavy (non-hydrogen) atoms. The molecule has 0 saturated carbocycles. The zero-order valence-corrected chi connectivity index (χ0v) is 16.6. The molecule has 2 aromatic carbocycles. The van der Waals surface area contributed by atoms with Gasteiger partial charge in [-0.2, -0.15) is 0 Å². The van der Waals surface area contributed by atoms with Crippen molar-refractivity contribution in [1.82, 2.24) is 19.5 Å². The highest BCUT2D eigenvalue weighted by atomic mass is 35.5. The monoisotopic (exact) mass is 422 g/mol. The number of carbonyl (C=O) groups is 1. The number of aromatic nitrogens is 4. The molecule has 0 radical (unpaired) electrons. The van der Waals surface area contributed by atoms with Crippen LogP contribution >= 0.6 is 11.6 Å². The highest BCUT2D eigenvalue weighted by Gasteiger charge is 2.15. The van der Waals surface area contributed by atoms with Gasteiger partial charge in [0, 0.05) is 29.8 Å². The van der Waals surface area contributed by atoms with E-state index in [0.29, 0.717) is 17.3 Å². The molecule has 0 unspecified atom stereocenters. The number of aryl methyl sites for hydroxylation is 1. The lowest BCUT2D eigenvalue weighted by atomic mass is 10.2. The fraction of sp³-hybridized carbons (Fsp3) is 0.0476. The van der Waals surface area contributed by atoms with E-state index < -0.39 is 11.7 Å². The van der Waals surface area contributed by atoms with Gasteiger partial charge in [-0.1, -0.05) is 17.7 Å². The number of rotatable bonds is 5. The predicted octanol–water partition coefficient (Wildman–Crippen LogP) is 4.76. The number of nitrogens with one attached hydrogen (secondary N) is 2. The Morgan fingerprint density at radius 2 is 1.83 bits per heavy atom. The minimum Gasteiger partial charge on any atom is -0.340 e. The van der Waals surface area contributed by atoms with E-state index in [1.807, 2.05) is 17.7 Å². The van der Waals surface area contributed by atoms with Crippen LogP contribution in [0.25, 0.3) is 5.82 Å². The first-order chi connectivity index (χ1) is 14.5. The second-order valence-electron chi connectivity index (χ2n) is 6.36. The number of hydrogen-bond donors (Lipinski definition) is 2. The highest BCUT2D eigenvalue weighted by molar-refractivity contribution is 6.34. The number of anilines is 3. The van der Waals surface area contributed by atoms with Crippen LogP contribution in [0.15, 0.2) is 67.3 Å². The van der Waals surface area contributed by atoms with Crippen molar-refractivity contribution in [1.29, 1.82) is 0 Å². The molecule has 2 aromatic heterocycles. The molecule has 0 bridgehead atoms. The first-order valence-electron chi connectivity index (χ1n) is 8.96. The summed E-state index contributed by atoms with van der Waals surface area (Å²) in [4.78, 5) is 25.0. The first kappa shape index (κ1) is 19.5. The maximum Gasteiger partial charge on any atom is 0.260 e. The van der Waals surface area contributed by atoms with Crippen molar-refractivity contribution >= 4 is 34.7 Å². The second-order valence-corrected chi connectivity index (χ2v) is 6.77. The van der Waals surface area contributed by atoms with Crippen LogP contribution in [0.4, 0.5) is 21.6 Å². The molecule has 150 valence electrons. The van der Waals surface area contributed by atoms with Gasteiger partial charge in [0.15, 0.2) is 0 Å². The summed E-state index contributed by atoms with van der Waals surface area (Å²) >= 11 is 5.94. The van der Waals surface area contributed by atoms with Crippen LogP contribution in [-0.2, 0) is 0 Å². The van der Waals surface area contributed by atoms with Gasteiger partial charge in [0.2, 0.25) is 0 Å². The van der Waals surface area contributed by atoms with Gasteiger partial charge < -0.3 is 10.6 Å². The zero-order valence-electron chi connectivity index (χ0n) is 15.8. The van der Waals surface area contributed by atoms with Gasteiger partial charge in [-0.3, -0.25) is 9.36 Å². The summed E-state index contributed by atoms with van der Waals surface area (Å²) in [7, 11) is 0. The summed E-state index contributed by atoms with van der Waals surface area (Å²) in [6, 6.07) is 12.8. The van der Waals surface area contributed by atoms with Gasteiger partial charge in [-0.05, 0) is 43.3 Å². The van der Waals surface area contributed by atoms with Crippen LogP contribution in [0.1, 0.15) is 16.2 Å². The van der Waals surface area contributed by atoms with E-state index in [2.05, 4.69) is 25.6 Å². The molecule has 9 heteroatoms. The Labute approximate surface area is 176 Å². The van der Waals surface area contributed by atoms with E-state index in [1.165, 1.54) is 24.5 Å². The Bertz CT molecular complexity index is 1190. The van der Waals surface area contributed by atoms with Crippen LogP contribution in [0.3, 0.4) is 0 Å². The molecule has 2 heterocycles. The fourth-order valence-corrected chi connectivity index (χ4v) is 3.11. The predicted molar refractivity (Wildman–Crippen MR) is 113 cm³/mol. The fourth-order valence-electron chi connectivity index (χ4n) is 2.86. The minimum atomic E-state index is -0.675. The lowest BCUT2D eigenvalue weighted by molar-refractivity contribution is 0.102. The van der Waals surface area contributed by atoms with Crippen molar-refractivity contribution in [2.45, 2.75) is 6.92 Å². The maximum absolute atomic E-state index is 13.9. The molecule has 0 spiro atoms. The molecule has 0 fully saturated rings. The van der Waals surface area contributed by atoms with Crippen molar-refractivity contribution in [2.75, 3.05) is 10.6 Å². The van der Waals surface area contributed by atoms with Crippen molar-refractivity contribution in [3.8, 4) is 5.82 Å². The number of nitrogens with zero attached hydrogens (tertiary/aromatic N) is 4. The van der Waals surface area contributed by atoms with Crippen LogP contribution in [0.2, 0.25) is 5.02 Å². The van der Waals surface area contributed by atoms with Gasteiger partial charge in [0.25, 0.3) is 5.91 Å². The van der Waals surface area contributed by atoms with Gasteiger partial charge in [0.05, 0.1) is 10.6 Å². The molecular formula is C21H16ClFN6O. The quantitative estimate of drug-likeness (QED) is 0.484. The maximum atomic E-state index is 13.9. The Balaban J connectivity index is 1.47. The third-order valence-corrected chi connectivity index (χ3v) is 4.65. The lowest BCUT2D eigenvalue weighted by Gasteiger charge is -2.10. The SMILES string of the molecule is Cc1nccn1-c1cc(Nc2ccc(NC(=O)c3c(F)cccc3Cl)cc2)ncn1. The van der Waals surface area contributed by atoms with E-state index in [4.69, 9.17) is 11.6 Å². The van der Waals surface area contributed by atoms with Crippen molar-refractivity contribution in [3.05, 3.63) is 89.5 Å². The van der Waals surface area contributed by atoms with Crippen LogP contribution in [-0.4, -0.2) is 25.4 Å². The first-order valence-corrected chi connectivity index (χ1v) is 9.34. The summed E-state index contributed by atoms with van der Waals surface area (Å²) in [5, 5.41) is 5.87. The van der Waals surface area contributed by atoms with Crippen molar-refractivity contribution in [2.24, 2.45) is 0 Å². The Morgan fingerprint density at radius 1 is 1.07 bits per heavy atom. The average molecular weight is 423 g/mol. The summed E-state index contributed by atoms with van der Waals surface area (Å²) in [5.41, 5.74) is 1.07. The Morgan fingerprint density at radius 3 is 2.53 bits per heavy atom.